The second kappa shape index (κ2) is 5.58. The number of halogens is 4. The molecule has 0 radical (unpaired) electrons. The van der Waals surface area contributed by atoms with Gasteiger partial charge in [-0.2, -0.15) is 8.78 Å². The number of alkyl halides is 2. The van der Waals surface area contributed by atoms with Crippen LogP contribution in [0.15, 0.2) is 18.2 Å². The lowest BCUT2D eigenvalue weighted by Crippen LogP contribution is -2.37. The molecule has 0 spiro atoms. The first-order valence-electron chi connectivity index (χ1n) is 4.98. The lowest BCUT2D eigenvalue weighted by atomic mass is 10.0. The summed E-state index contributed by atoms with van der Waals surface area (Å²) in [6.45, 7) is 1.10. The van der Waals surface area contributed by atoms with Crippen LogP contribution in [0.3, 0.4) is 0 Å². The average Bonchev–Trinajstić information content (AvgIpc) is 2.28. The van der Waals surface area contributed by atoms with Crippen LogP contribution < -0.4 is 0 Å². The van der Waals surface area contributed by atoms with Crippen molar-refractivity contribution in [2.45, 2.75) is 19.0 Å². The van der Waals surface area contributed by atoms with Crippen molar-refractivity contribution in [2.24, 2.45) is 0 Å². The van der Waals surface area contributed by atoms with Crippen molar-refractivity contribution in [3.8, 4) is 0 Å². The van der Waals surface area contributed by atoms with Crippen molar-refractivity contribution >= 4 is 17.6 Å². The van der Waals surface area contributed by atoms with Crippen LogP contribution in [0.1, 0.15) is 18.6 Å². The lowest BCUT2D eigenvalue weighted by Gasteiger charge is -2.21. The number of carbonyl (C=O) groups is 1. The Labute approximate surface area is 106 Å². The molecular weight excluding hydrogens is 273 g/mol. The molecule has 0 aliphatic carbocycles. The van der Waals surface area contributed by atoms with Crippen LogP contribution in [-0.4, -0.2) is 23.6 Å². The number of hydrogen-bond donors (Lipinski definition) is 1. The molecule has 0 saturated carbocycles. The molecule has 1 atom stereocenters. The highest BCUT2D eigenvalue weighted by molar-refractivity contribution is 6.31. The van der Waals surface area contributed by atoms with Crippen LogP contribution >= 0.6 is 11.6 Å². The number of carbonyl (C=O) groups excluding carboxylic acids is 1. The molecule has 0 fully saturated rings. The van der Waals surface area contributed by atoms with Crippen molar-refractivity contribution in [3.63, 3.8) is 0 Å². The van der Waals surface area contributed by atoms with E-state index < -0.39 is 34.4 Å². The summed E-state index contributed by atoms with van der Waals surface area (Å²) < 4.78 is 43.9. The summed E-state index contributed by atoms with van der Waals surface area (Å²) in [6, 6.07) is 2.50. The summed E-state index contributed by atoms with van der Waals surface area (Å²) in [5, 5.41) is 9.06. The van der Waals surface area contributed by atoms with Crippen LogP contribution in [-0.2, 0) is 9.53 Å². The largest absolute Gasteiger partial charge is 0.461 e. The normalized spacial score (nSPS) is 13.2. The number of esters is 1. The molecule has 1 aromatic carbocycles. The SMILES string of the molecule is CCOC(=O)C(F)(F)C(O)c1ccc(F)cc1Cl. The smallest absolute Gasteiger partial charge is 0.380 e. The number of ether oxygens (including phenoxy) is 1. The van der Waals surface area contributed by atoms with E-state index in [2.05, 4.69) is 4.74 Å². The Bertz CT molecular complexity index is 451. The van der Waals surface area contributed by atoms with Crippen molar-refractivity contribution in [2.75, 3.05) is 6.61 Å². The first-order chi connectivity index (χ1) is 8.30. The van der Waals surface area contributed by atoms with Gasteiger partial charge in [0.2, 0.25) is 0 Å². The van der Waals surface area contributed by atoms with E-state index in [1.54, 1.807) is 0 Å². The quantitative estimate of drug-likeness (QED) is 0.864. The standard InChI is InChI=1S/C11H10ClF3O3/c1-2-18-10(17)11(14,15)9(16)7-4-3-6(13)5-8(7)12/h3-5,9,16H,2H2,1H3. The fraction of sp³-hybridized carbons (Fsp3) is 0.364. The first kappa shape index (κ1) is 14.8. The van der Waals surface area contributed by atoms with Gasteiger partial charge in [0.05, 0.1) is 6.61 Å². The molecule has 1 rings (SSSR count). The molecule has 100 valence electrons. The predicted molar refractivity (Wildman–Crippen MR) is 57.9 cm³/mol. The van der Waals surface area contributed by atoms with E-state index in [9.17, 15) is 23.1 Å². The Hall–Kier alpha value is -1.27. The minimum absolute atomic E-state index is 0.252. The summed E-state index contributed by atoms with van der Waals surface area (Å²) in [6.07, 6.45) is -2.50. The first-order valence-corrected chi connectivity index (χ1v) is 5.36. The van der Waals surface area contributed by atoms with Gasteiger partial charge in [0.25, 0.3) is 0 Å². The van der Waals surface area contributed by atoms with Gasteiger partial charge in [-0.3, -0.25) is 0 Å². The third kappa shape index (κ3) is 2.94. The zero-order valence-electron chi connectivity index (χ0n) is 9.29. The minimum Gasteiger partial charge on any atom is -0.461 e. The van der Waals surface area contributed by atoms with E-state index in [1.807, 2.05) is 0 Å². The van der Waals surface area contributed by atoms with Crippen LogP contribution in [0.5, 0.6) is 0 Å². The van der Waals surface area contributed by atoms with Gasteiger partial charge in [0, 0.05) is 10.6 Å². The molecular formula is C11H10ClF3O3. The topological polar surface area (TPSA) is 46.5 Å². The summed E-state index contributed by atoms with van der Waals surface area (Å²) in [5.74, 6) is -6.76. The number of benzene rings is 1. The van der Waals surface area contributed by atoms with Crippen molar-refractivity contribution in [1.29, 1.82) is 0 Å². The monoisotopic (exact) mass is 282 g/mol. The van der Waals surface area contributed by atoms with E-state index in [-0.39, 0.29) is 6.61 Å². The maximum atomic E-state index is 13.5. The second-order valence-electron chi connectivity index (χ2n) is 3.41. The highest BCUT2D eigenvalue weighted by Crippen LogP contribution is 2.36. The minimum atomic E-state index is -4.16. The maximum absolute atomic E-state index is 13.5. The molecule has 0 saturated heterocycles. The second-order valence-corrected chi connectivity index (χ2v) is 3.82. The molecule has 0 heterocycles. The maximum Gasteiger partial charge on any atom is 0.380 e. The van der Waals surface area contributed by atoms with Crippen LogP contribution in [0.4, 0.5) is 13.2 Å². The van der Waals surface area contributed by atoms with Gasteiger partial charge < -0.3 is 9.84 Å². The number of hydrogen-bond acceptors (Lipinski definition) is 3. The Morgan fingerprint density at radius 1 is 1.56 bits per heavy atom. The van der Waals surface area contributed by atoms with Gasteiger partial charge in [-0.15, -0.1) is 0 Å². The highest BCUT2D eigenvalue weighted by Gasteiger charge is 2.49. The number of aliphatic hydroxyl groups excluding tert-OH is 1. The third-order valence-electron chi connectivity index (χ3n) is 2.15. The molecule has 0 aromatic heterocycles. The van der Waals surface area contributed by atoms with E-state index in [1.165, 1.54) is 6.92 Å². The molecule has 1 unspecified atom stereocenters. The Morgan fingerprint density at radius 3 is 2.67 bits per heavy atom. The molecule has 0 amide bonds. The van der Waals surface area contributed by atoms with Gasteiger partial charge >= 0.3 is 11.9 Å². The molecule has 0 aliphatic heterocycles. The summed E-state index contributed by atoms with van der Waals surface area (Å²) in [7, 11) is 0. The van der Waals surface area contributed by atoms with E-state index >= 15 is 0 Å². The van der Waals surface area contributed by atoms with Crippen molar-refractivity contribution < 1.29 is 27.8 Å². The molecule has 7 heteroatoms. The fourth-order valence-electron chi connectivity index (χ4n) is 1.26. The van der Waals surface area contributed by atoms with E-state index in [4.69, 9.17) is 11.6 Å². The van der Waals surface area contributed by atoms with Gasteiger partial charge in [-0.25, -0.2) is 9.18 Å². The molecule has 0 aliphatic rings. The molecule has 3 nitrogen and oxygen atoms in total. The van der Waals surface area contributed by atoms with Gasteiger partial charge in [0.15, 0.2) is 6.10 Å². The van der Waals surface area contributed by atoms with Crippen LogP contribution in [0, 0.1) is 5.82 Å². The molecule has 18 heavy (non-hydrogen) atoms. The van der Waals surface area contributed by atoms with Gasteiger partial charge in [-0.05, 0) is 19.1 Å². The molecule has 1 N–H and O–H groups in total. The zero-order valence-corrected chi connectivity index (χ0v) is 10.0. The number of rotatable bonds is 4. The summed E-state index contributed by atoms with van der Waals surface area (Å²) >= 11 is 5.53. The third-order valence-corrected chi connectivity index (χ3v) is 2.48. The zero-order chi connectivity index (χ0) is 13.9. The van der Waals surface area contributed by atoms with Gasteiger partial charge in [-0.1, -0.05) is 17.7 Å². The molecule has 1 aromatic rings. The average molecular weight is 283 g/mol. The number of aliphatic hydroxyl groups is 1. The summed E-state index contributed by atoms with van der Waals surface area (Å²) in [4.78, 5) is 11.0. The lowest BCUT2D eigenvalue weighted by molar-refractivity contribution is -0.189. The Balaban J connectivity index is 3.05. The van der Waals surface area contributed by atoms with Gasteiger partial charge in [0.1, 0.15) is 5.82 Å². The molecule has 0 bridgehead atoms. The Kier molecular flexibility index (Phi) is 4.59. The highest BCUT2D eigenvalue weighted by atomic mass is 35.5. The van der Waals surface area contributed by atoms with E-state index in [0.717, 1.165) is 18.2 Å². The fourth-order valence-corrected chi connectivity index (χ4v) is 1.53. The van der Waals surface area contributed by atoms with Crippen molar-refractivity contribution in [3.05, 3.63) is 34.6 Å². The van der Waals surface area contributed by atoms with E-state index in [0.29, 0.717) is 0 Å². The Morgan fingerprint density at radius 2 is 2.17 bits per heavy atom. The van der Waals surface area contributed by atoms with Crippen LogP contribution in [0.25, 0.3) is 0 Å². The summed E-state index contributed by atoms with van der Waals surface area (Å²) in [5.41, 5.74) is -0.448. The van der Waals surface area contributed by atoms with Crippen LogP contribution in [0.2, 0.25) is 5.02 Å². The van der Waals surface area contributed by atoms with Crippen molar-refractivity contribution in [1.82, 2.24) is 0 Å². The predicted octanol–water partition coefficient (Wildman–Crippen LogP) is 2.71.